The van der Waals surface area contributed by atoms with Crippen LogP contribution in [-0.2, 0) is 13.0 Å². The highest BCUT2D eigenvalue weighted by Gasteiger charge is 2.08. The first kappa shape index (κ1) is 8.32. The second kappa shape index (κ2) is 3.23. The van der Waals surface area contributed by atoms with Crippen LogP contribution in [0.2, 0.25) is 0 Å². The maximum Gasteiger partial charge on any atom is 0.0314 e. The van der Waals surface area contributed by atoms with E-state index < -0.39 is 0 Å². The van der Waals surface area contributed by atoms with Gasteiger partial charge in [0.15, 0.2) is 0 Å². The Morgan fingerprint density at radius 1 is 1.38 bits per heavy atom. The van der Waals surface area contributed by atoms with Crippen LogP contribution in [0.1, 0.15) is 16.7 Å². The summed E-state index contributed by atoms with van der Waals surface area (Å²) in [5, 5.41) is 3.34. The van der Waals surface area contributed by atoms with E-state index in [1.807, 2.05) is 6.07 Å². The van der Waals surface area contributed by atoms with E-state index >= 15 is 0 Å². The van der Waals surface area contributed by atoms with Crippen molar-refractivity contribution in [2.45, 2.75) is 13.0 Å². The van der Waals surface area contributed by atoms with Crippen molar-refractivity contribution in [3.63, 3.8) is 0 Å². The van der Waals surface area contributed by atoms with Gasteiger partial charge in [0.2, 0.25) is 0 Å². The summed E-state index contributed by atoms with van der Waals surface area (Å²) in [6.07, 6.45) is 1.12. The van der Waals surface area contributed by atoms with Crippen LogP contribution in [0.5, 0.6) is 0 Å². The molecule has 0 saturated heterocycles. The number of hydrogen-bond donors (Lipinski definition) is 2. The largest absolute Gasteiger partial charge is 0.399 e. The molecule has 2 rings (SSSR count). The van der Waals surface area contributed by atoms with Crippen molar-refractivity contribution in [1.29, 1.82) is 0 Å². The Kier molecular flexibility index (Phi) is 2.07. The minimum absolute atomic E-state index is 0.647. The summed E-state index contributed by atoms with van der Waals surface area (Å²) in [7, 11) is 0. The predicted octanol–water partition coefficient (Wildman–Crippen LogP) is 1.26. The first-order valence-corrected chi connectivity index (χ1v) is 4.54. The molecule has 1 heterocycles. The van der Waals surface area contributed by atoms with Crippen LogP contribution >= 0.6 is 0 Å². The van der Waals surface area contributed by atoms with E-state index in [0.29, 0.717) is 5.70 Å². The Morgan fingerprint density at radius 2 is 2.23 bits per heavy atom. The van der Waals surface area contributed by atoms with Crippen molar-refractivity contribution < 1.29 is 0 Å². The Balaban J connectivity index is 2.40. The molecule has 1 aromatic rings. The first-order valence-electron chi connectivity index (χ1n) is 4.54. The van der Waals surface area contributed by atoms with Gasteiger partial charge in [-0.3, -0.25) is 0 Å². The van der Waals surface area contributed by atoms with Crippen LogP contribution in [0.25, 0.3) is 5.70 Å². The molecule has 0 amide bonds. The lowest BCUT2D eigenvalue weighted by Crippen LogP contribution is -2.23. The number of hydrogen-bond acceptors (Lipinski definition) is 2. The predicted molar refractivity (Wildman–Crippen MR) is 55.1 cm³/mol. The van der Waals surface area contributed by atoms with Gasteiger partial charge >= 0.3 is 0 Å². The fraction of sp³-hybridized carbons (Fsp3) is 0.273. The molecule has 0 unspecified atom stereocenters. The number of benzene rings is 1. The minimum Gasteiger partial charge on any atom is -0.399 e. The topological polar surface area (TPSA) is 38.0 Å². The van der Waals surface area contributed by atoms with Crippen molar-refractivity contribution in [1.82, 2.24) is 5.32 Å². The van der Waals surface area contributed by atoms with Crippen LogP contribution < -0.4 is 11.1 Å². The first-order chi connectivity index (χ1) is 6.27. The van der Waals surface area contributed by atoms with E-state index in [9.17, 15) is 0 Å². The smallest absolute Gasteiger partial charge is 0.0314 e. The summed E-state index contributed by atoms with van der Waals surface area (Å²) in [5.41, 5.74) is 10.1. The fourth-order valence-corrected chi connectivity index (χ4v) is 1.68. The summed E-state index contributed by atoms with van der Waals surface area (Å²) in [6, 6.07) is 6.33. The van der Waals surface area contributed by atoms with Gasteiger partial charge in [-0.1, -0.05) is 18.7 Å². The molecule has 3 N–H and O–H groups in total. The molecular weight excluding hydrogens is 160 g/mol. The number of fused-ring (bicyclic) bond motifs is 1. The number of nitrogens with two attached hydrogens (primary N) is 1. The Morgan fingerprint density at radius 3 is 3.00 bits per heavy atom. The Hall–Kier alpha value is -1.28. The highest BCUT2D eigenvalue weighted by Crippen LogP contribution is 2.17. The lowest BCUT2D eigenvalue weighted by atomic mass is 9.98. The lowest BCUT2D eigenvalue weighted by Gasteiger charge is -2.17. The van der Waals surface area contributed by atoms with Gasteiger partial charge in [0.25, 0.3) is 0 Å². The van der Waals surface area contributed by atoms with Gasteiger partial charge in [-0.25, -0.2) is 0 Å². The van der Waals surface area contributed by atoms with Crippen molar-refractivity contribution in [3.8, 4) is 0 Å². The minimum atomic E-state index is 0.647. The van der Waals surface area contributed by atoms with Gasteiger partial charge in [0.1, 0.15) is 0 Å². The standard InChI is InChI=1S/C11H14N2/c1-8(12)10-3-2-9-4-5-13-7-11(9)6-10/h2-3,6,13H,1,4-5,7,12H2. The van der Waals surface area contributed by atoms with Crippen LogP contribution in [0.15, 0.2) is 24.8 Å². The van der Waals surface area contributed by atoms with Crippen LogP contribution in [-0.4, -0.2) is 6.54 Å². The van der Waals surface area contributed by atoms with E-state index in [1.54, 1.807) is 0 Å². The van der Waals surface area contributed by atoms with Crippen molar-refractivity contribution in [3.05, 3.63) is 41.5 Å². The third kappa shape index (κ3) is 1.58. The molecule has 1 aliphatic rings. The zero-order valence-electron chi connectivity index (χ0n) is 7.64. The Labute approximate surface area is 78.5 Å². The monoisotopic (exact) mass is 174 g/mol. The molecule has 0 fully saturated rings. The molecule has 1 aliphatic heterocycles. The van der Waals surface area contributed by atoms with E-state index in [4.69, 9.17) is 5.73 Å². The Bertz CT molecular complexity index is 342. The summed E-state index contributed by atoms with van der Waals surface area (Å²) in [4.78, 5) is 0. The number of nitrogens with one attached hydrogen (secondary N) is 1. The number of rotatable bonds is 1. The molecule has 2 heteroatoms. The van der Waals surface area contributed by atoms with Crippen molar-refractivity contribution in [2.24, 2.45) is 5.73 Å². The van der Waals surface area contributed by atoms with Gasteiger partial charge in [-0.2, -0.15) is 0 Å². The van der Waals surface area contributed by atoms with E-state index in [2.05, 4.69) is 24.0 Å². The fourth-order valence-electron chi connectivity index (χ4n) is 1.68. The molecule has 2 nitrogen and oxygen atoms in total. The second-order valence-corrected chi connectivity index (χ2v) is 3.44. The molecule has 1 aromatic carbocycles. The normalized spacial score (nSPS) is 15.1. The highest BCUT2D eigenvalue weighted by molar-refractivity contribution is 5.61. The molecule has 0 aromatic heterocycles. The van der Waals surface area contributed by atoms with E-state index in [-0.39, 0.29) is 0 Å². The maximum absolute atomic E-state index is 5.63. The van der Waals surface area contributed by atoms with Gasteiger partial charge in [-0.05, 0) is 35.7 Å². The average Bonchev–Trinajstić information content (AvgIpc) is 2.17. The molecule has 0 radical (unpaired) electrons. The van der Waals surface area contributed by atoms with Crippen LogP contribution in [0.4, 0.5) is 0 Å². The third-order valence-electron chi connectivity index (χ3n) is 2.46. The average molecular weight is 174 g/mol. The lowest BCUT2D eigenvalue weighted by molar-refractivity contribution is 0.643. The van der Waals surface area contributed by atoms with Gasteiger partial charge in [0, 0.05) is 12.2 Å². The molecule has 0 spiro atoms. The molecule has 0 aliphatic carbocycles. The summed E-state index contributed by atoms with van der Waals surface area (Å²) in [5.74, 6) is 0. The molecule has 0 bridgehead atoms. The van der Waals surface area contributed by atoms with Crippen molar-refractivity contribution >= 4 is 5.70 Å². The van der Waals surface area contributed by atoms with E-state index in [1.165, 1.54) is 11.1 Å². The zero-order valence-corrected chi connectivity index (χ0v) is 7.64. The van der Waals surface area contributed by atoms with E-state index in [0.717, 1.165) is 25.1 Å². The second-order valence-electron chi connectivity index (χ2n) is 3.44. The summed E-state index contributed by atoms with van der Waals surface area (Å²) in [6.45, 7) is 5.77. The van der Waals surface area contributed by atoms with Gasteiger partial charge in [0.05, 0.1) is 0 Å². The van der Waals surface area contributed by atoms with Gasteiger partial charge < -0.3 is 11.1 Å². The highest BCUT2D eigenvalue weighted by atomic mass is 14.9. The molecule has 68 valence electrons. The third-order valence-corrected chi connectivity index (χ3v) is 2.46. The maximum atomic E-state index is 5.63. The SMILES string of the molecule is C=C(N)c1ccc2c(c1)CNCC2. The quantitative estimate of drug-likeness (QED) is 0.672. The molecule has 0 saturated carbocycles. The van der Waals surface area contributed by atoms with Gasteiger partial charge in [-0.15, -0.1) is 0 Å². The summed E-state index contributed by atoms with van der Waals surface area (Å²) >= 11 is 0. The summed E-state index contributed by atoms with van der Waals surface area (Å²) < 4.78 is 0. The molecule has 0 atom stereocenters. The van der Waals surface area contributed by atoms with Crippen LogP contribution in [0, 0.1) is 0 Å². The van der Waals surface area contributed by atoms with Crippen LogP contribution in [0.3, 0.4) is 0 Å². The van der Waals surface area contributed by atoms with Crippen molar-refractivity contribution in [2.75, 3.05) is 6.54 Å². The molecular formula is C11H14N2. The molecule has 13 heavy (non-hydrogen) atoms. The zero-order chi connectivity index (χ0) is 9.26.